The first-order valence-corrected chi connectivity index (χ1v) is 10.7. The van der Waals surface area contributed by atoms with Gasteiger partial charge in [0.15, 0.2) is 0 Å². The maximum atomic E-state index is 12.3. The number of carbonyl (C=O) groups excluding carboxylic acids is 5. The fourth-order valence-corrected chi connectivity index (χ4v) is 2.54. The second-order valence-electron chi connectivity index (χ2n) is 8.33. The van der Waals surface area contributed by atoms with Crippen LogP contribution in [0.3, 0.4) is 0 Å². The summed E-state index contributed by atoms with van der Waals surface area (Å²) >= 11 is 0. The molecule has 0 spiro atoms. The molecule has 0 aliphatic rings. The standard InChI is InChI=1S/C22H31N5O8/c1-22(2,3)35-21(34)26-11-17(29)23-10-16(28)24-12-18(30)27-15(20(33)25-13-19(31)32)9-14-7-5-4-6-8-14/h4-8,15H,9-13H2,1-3H3,(H,23,29)(H,24,28)(H,25,33)(H,26,34)(H,27,30)(H,31,32)/t15-/m0/s1. The maximum absolute atomic E-state index is 12.3. The Labute approximate surface area is 202 Å². The largest absolute Gasteiger partial charge is 0.480 e. The smallest absolute Gasteiger partial charge is 0.408 e. The van der Waals surface area contributed by atoms with E-state index in [0.717, 1.165) is 5.56 Å². The number of nitrogens with one attached hydrogen (secondary N) is 5. The Morgan fingerprint density at radius 1 is 0.800 bits per heavy atom. The first-order chi connectivity index (χ1) is 16.4. The molecular formula is C22H31N5O8. The number of hydrogen-bond donors (Lipinski definition) is 6. The van der Waals surface area contributed by atoms with Crippen molar-refractivity contribution < 1.29 is 38.6 Å². The van der Waals surface area contributed by atoms with Gasteiger partial charge in [0.2, 0.25) is 23.6 Å². The van der Waals surface area contributed by atoms with E-state index in [1.54, 1.807) is 51.1 Å². The van der Waals surface area contributed by atoms with Crippen LogP contribution in [0.4, 0.5) is 4.79 Å². The molecule has 1 aromatic rings. The number of aliphatic carboxylic acids is 1. The molecular weight excluding hydrogens is 462 g/mol. The normalized spacial score (nSPS) is 11.4. The summed E-state index contributed by atoms with van der Waals surface area (Å²) in [7, 11) is 0. The highest BCUT2D eigenvalue weighted by molar-refractivity contribution is 5.92. The molecule has 0 saturated carbocycles. The highest BCUT2D eigenvalue weighted by atomic mass is 16.6. The minimum Gasteiger partial charge on any atom is -0.480 e. The molecule has 1 atom stereocenters. The molecule has 6 N–H and O–H groups in total. The molecule has 0 heterocycles. The van der Waals surface area contributed by atoms with Crippen LogP contribution in [0.2, 0.25) is 0 Å². The van der Waals surface area contributed by atoms with E-state index in [1.807, 2.05) is 0 Å². The zero-order valence-electron chi connectivity index (χ0n) is 19.8. The van der Waals surface area contributed by atoms with Gasteiger partial charge in [-0.2, -0.15) is 0 Å². The molecule has 5 amide bonds. The van der Waals surface area contributed by atoms with Crippen LogP contribution in [0.15, 0.2) is 30.3 Å². The summed E-state index contributed by atoms with van der Waals surface area (Å²) in [6, 6.07) is 7.70. The van der Waals surface area contributed by atoms with Gasteiger partial charge < -0.3 is 36.4 Å². The van der Waals surface area contributed by atoms with Crippen LogP contribution >= 0.6 is 0 Å². The molecule has 0 bridgehead atoms. The summed E-state index contributed by atoms with van der Waals surface area (Å²) < 4.78 is 4.98. The lowest BCUT2D eigenvalue weighted by Gasteiger charge is -2.19. The van der Waals surface area contributed by atoms with E-state index in [9.17, 15) is 28.8 Å². The van der Waals surface area contributed by atoms with Gasteiger partial charge in [0.25, 0.3) is 0 Å². The lowest BCUT2D eigenvalue weighted by molar-refractivity contribution is -0.138. The Morgan fingerprint density at radius 3 is 1.89 bits per heavy atom. The molecule has 0 fully saturated rings. The number of carboxylic acids is 1. The van der Waals surface area contributed by atoms with Crippen molar-refractivity contribution in [3.05, 3.63) is 35.9 Å². The average Bonchev–Trinajstić information content (AvgIpc) is 2.77. The van der Waals surface area contributed by atoms with Gasteiger partial charge in [-0.25, -0.2) is 4.79 Å². The molecule has 1 aromatic carbocycles. The Hall–Kier alpha value is -4.16. The lowest BCUT2D eigenvalue weighted by atomic mass is 10.1. The Morgan fingerprint density at radius 2 is 1.34 bits per heavy atom. The maximum Gasteiger partial charge on any atom is 0.408 e. The quantitative estimate of drug-likeness (QED) is 0.206. The van der Waals surface area contributed by atoms with Crippen molar-refractivity contribution in [1.29, 1.82) is 0 Å². The van der Waals surface area contributed by atoms with E-state index < -0.39 is 73.5 Å². The topological polar surface area (TPSA) is 192 Å². The number of alkyl carbamates (subject to hydrolysis) is 1. The first kappa shape index (κ1) is 28.9. The van der Waals surface area contributed by atoms with Crippen LogP contribution in [0.5, 0.6) is 0 Å². The van der Waals surface area contributed by atoms with Crippen LogP contribution < -0.4 is 26.6 Å². The van der Waals surface area contributed by atoms with Gasteiger partial charge >= 0.3 is 12.1 Å². The third kappa shape index (κ3) is 13.9. The minimum atomic E-state index is -1.24. The average molecular weight is 494 g/mol. The molecule has 13 heteroatoms. The van der Waals surface area contributed by atoms with Gasteiger partial charge in [0, 0.05) is 6.42 Å². The summed E-state index contributed by atoms with van der Waals surface area (Å²) in [6.07, 6.45) is -0.682. The van der Waals surface area contributed by atoms with Crippen molar-refractivity contribution in [3.63, 3.8) is 0 Å². The highest BCUT2D eigenvalue weighted by Gasteiger charge is 2.22. The van der Waals surface area contributed by atoms with E-state index >= 15 is 0 Å². The number of hydrogen-bond acceptors (Lipinski definition) is 7. The third-order valence-electron chi connectivity index (χ3n) is 4.03. The van der Waals surface area contributed by atoms with Crippen molar-refractivity contribution in [3.8, 4) is 0 Å². The predicted molar refractivity (Wildman–Crippen MR) is 123 cm³/mol. The SMILES string of the molecule is CC(C)(C)OC(=O)NCC(=O)NCC(=O)NCC(=O)N[C@@H](Cc1ccccc1)C(=O)NCC(=O)O. The van der Waals surface area contributed by atoms with Crippen molar-refractivity contribution in [2.75, 3.05) is 26.2 Å². The van der Waals surface area contributed by atoms with Gasteiger partial charge in [-0.15, -0.1) is 0 Å². The lowest BCUT2D eigenvalue weighted by Crippen LogP contribution is -2.51. The molecule has 13 nitrogen and oxygen atoms in total. The van der Waals surface area contributed by atoms with Crippen LogP contribution in [0.1, 0.15) is 26.3 Å². The summed E-state index contributed by atoms with van der Waals surface area (Å²) in [4.78, 5) is 70.4. The van der Waals surface area contributed by atoms with Crippen molar-refractivity contribution in [1.82, 2.24) is 26.6 Å². The predicted octanol–water partition coefficient (Wildman–Crippen LogP) is -1.33. The Bertz CT molecular complexity index is 914. The van der Waals surface area contributed by atoms with Crippen LogP contribution in [-0.4, -0.2) is 78.6 Å². The summed E-state index contributed by atoms with van der Waals surface area (Å²) in [5, 5.41) is 20.2. The summed E-state index contributed by atoms with van der Waals surface area (Å²) in [6.45, 7) is 3.05. The second kappa shape index (κ2) is 14.2. The molecule has 0 aliphatic heterocycles. The van der Waals surface area contributed by atoms with Crippen LogP contribution in [0, 0.1) is 0 Å². The van der Waals surface area contributed by atoms with E-state index in [-0.39, 0.29) is 6.42 Å². The fourth-order valence-electron chi connectivity index (χ4n) is 2.54. The fraction of sp³-hybridized carbons (Fsp3) is 0.455. The third-order valence-corrected chi connectivity index (χ3v) is 4.03. The molecule has 192 valence electrons. The molecule has 0 aliphatic carbocycles. The van der Waals surface area contributed by atoms with E-state index in [1.165, 1.54) is 0 Å². The molecule has 0 unspecified atom stereocenters. The van der Waals surface area contributed by atoms with Crippen LogP contribution in [0.25, 0.3) is 0 Å². The molecule has 1 rings (SSSR count). The van der Waals surface area contributed by atoms with Crippen molar-refractivity contribution in [2.45, 2.75) is 38.8 Å². The zero-order valence-corrected chi connectivity index (χ0v) is 19.8. The Balaban J connectivity index is 2.46. The van der Waals surface area contributed by atoms with Crippen molar-refractivity contribution in [2.24, 2.45) is 0 Å². The van der Waals surface area contributed by atoms with E-state index in [2.05, 4.69) is 26.6 Å². The monoisotopic (exact) mass is 493 g/mol. The number of amides is 5. The number of carbonyl (C=O) groups is 6. The molecule has 0 aromatic heterocycles. The van der Waals surface area contributed by atoms with Gasteiger partial charge in [0.1, 0.15) is 24.7 Å². The van der Waals surface area contributed by atoms with Gasteiger partial charge in [0.05, 0.1) is 13.1 Å². The summed E-state index contributed by atoms with van der Waals surface area (Å²) in [5.41, 5.74) is 0.00734. The first-order valence-electron chi connectivity index (χ1n) is 10.7. The number of ether oxygens (including phenoxy) is 1. The highest BCUT2D eigenvalue weighted by Crippen LogP contribution is 2.06. The zero-order chi connectivity index (χ0) is 26.4. The van der Waals surface area contributed by atoms with E-state index in [0.29, 0.717) is 0 Å². The van der Waals surface area contributed by atoms with Gasteiger partial charge in [-0.05, 0) is 26.3 Å². The molecule has 35 heavy (non-hydrogen) atoms. The summed E-state index contributed by atoms with van der Waals surface area (Å²) in [5.74, 6) is -3.95. The Kier molecular flexibility index (Phi) is 11.7. The molecule has 0 saturated heterocycles. The minimum absolute atomic E-state index is 0.104. The molecule has 0 radical (unpaired) electrons. The number of carboxylic acid groups (broad SMARTS) is 1. The second-order valence-corrected chi connectivity index (χ2v) is 8.33. The van der Waals surface area contributed by atoms with Crippen LogP contribution in [-0.2, 0) is 35.1 Å². The number of benzene rings is 1. The van der Waals surface area contributed by atoms with E-state index in [4.69, 9.17) is 9.84 Å². The van der Waals surface area contributed by atoms with Gasteiger partial charge in [-0.1, -0.05) is 30.3 Å². The van der Waals surface area contributed by atoms with Crippen molar-refractivity contribution >= 4 is 35.7 Å². The van der Waals surface area contributed by atoms with Gasteiger partial charge in [-0.3, -0.25) is 24.0 Å². The number of rotatable bonds is 12.